The van der Waals surface area contributed by atoms with E-state index in [1.807, 2.05) is 30.3 Å². The van der Waals surface area contributed by atoms with Gasteiger partial charge in [-0.3, -0.25) is 10.1 Å². The van der Waals surface area contributed by atoms with Gasteiger partial charge in [-0.1, -0.05) is 59.8 Å². The van der Waals surface area contributed by atoms with Crippen LogP contribution in [0.5, 0.6) is 0 Å². The van der Waals surface area contributed by atoms with Crippen molar-refractivity contribution in [3.8, 4) is 0 Å². The highest BCUT2D eigenvalue weighted by Crippen LogP contribution is 2.34. The number of nitro benzene ring substituents is 1. The van der Waals surface area contributed by atoms with Gasteiger partial charge in [0.1, 0.15) is 5.02 Å². The molecule has 0 saturated heterocycles. The van der Waals surface area contributed by atoms with Gasteiger partial charge in [-0.05, 0) is 25.5 Å². The van der Waals surface area contributed by atoms with E-state index in [-0.39, 0.29) is 10.7 Å². The van der Waals surface area contributed by atoms with Crippen LogP contribution >= 0.6 is 23.4 Å². The third-order valence-electron chi connectivity index (χ3n) is 4.70. The molecule has 2 heterocycles. The number of benzene rings is 2. The third kappa shape index (κ3) is 3.18. The minimum Gasteiger partial charge on any atom is -0.258 e. The van der Waals surface area contributed by atoms with Crippen LogP contribution in [0.3, 0.4) is 0 Å². The standard InChI is InChI=1S/C19H16ClN5O2S/c1-19(2,13-6-4-3-5-7-13)17-21-22-18-24(17)23-15(11-28-18)12-8-9-14(20)16(10-12)25(26)27/h3-10H,11H2,1-2H3. The summed E-state index contributed by atoms with van der Waals surface area (Å²) in [5.74, 6) is 1.25. The number of rotatable bonds is 4. The summed E-state index contributed by atoms with van der Waals surface area (Å²) in [6, 6.07) is 14.8. The minimum absolute atomic E-state index is 0.105. The average Bonchev–Trinajstić information content (AvgIpc) is 3.13. The molecular formula is C19H16ClN5O2S. The maximum Gasteiger partial charge on any atom is 0.288 e. The second kappa shape index (κ2) is 7.03. The molecule has 7 nitrogen and oxygen atoms in total. The van der Waals surface area contributed by atoms with Gasteiger partial charge >= 0.3 is 0 Å². The third-order valence-corrected chi connectivity index (χ3v) is 5.95. The van der Waals surface area contributed by atoms with E-state index in [1.54, 1.807) is 10.7 Å². The van der Waals surface area contributed by atoms with E-state index in [2.05, 4.69) is 24.0 Å². The van der Waals surface area contributed by atoms with Gasteiger partial charge in [0, 0.05) is 17.4 Å². The largest absolute Gasteiger partial charge is 0.288 e. The SMILES string of the molecule is CC(C)(c1ccccc1)c1nnc2n1N=C(c1ccc(Cl)c([N+](=O)[O-])c1)CS2. The van der Waals surface area contributed by atoms with Gasteiger partial charge in [-0.2, -0.15) is 9.78 Å². The molecule has 1 aliphatic rings. The lowest BCUT2D eigenvalue weighted by atomic mass is 9.84. The zero-order chi connectivity index (χ0) is 19.9. The first kappa shape index (κ1) is 18.6. The number of hydrogen-bond acceptors (Lipinski definition) is 6. The zero-order valence-corrected chi connectivity index (χ0v) is 16.7. The normalized spacial score (nSPS) is 13.8. The topological polar surface area (TPSA) is 86.2 Å². The molecule has 0 radical (unpaired) electrons. The Labute approximate surface area is 170 Å². The molecule has 0 fully saturated rings. The summed E-state index contributed by atoms with van der Waals surface area (Å²) in [4.78, 5) is 10.7. The smallest absolute Gasteiger partial charge is 0.258 e. The van der Waals surface area contributed by atoms with Gasteiger partial charge in [0.25, 0.3) is 5.69 Å². The van der Waals surface area contributed by atoms with Crippen molar-refractivity contribution in [1.29, 1.82) is 0 Å². The maximum atomic E-state index is 11.2. The Morgan fingerprint density at radius 3 is 2.64 bits per heavy atom. The van der Waals surface area contributed by atoms with Gasteiger partial charge in [-0.15, -0.1) is 10.2 Å². The lowest BCUT2D eigenvalue weighted by molar-refractivity contribution is -0.384. The van der Waals surface area contributed by atoms with Gasteiger partial charge in [0.05, 0.1) is 16.0 Å². The Morgan fingerprint density at radius 2 is 1.93 bits per heavy atom. The number of nitrogens with zero attached hydrogens (tertiary/aromatic N) is 5. The van der Waals surface area contributed by atoms with Crippen LogP contribution < -0.4 is 0 Å². The predicted octanol–water partition coefficient (Wildman–Crippen LogP) is 4.52. The molecule has 142 valence electrons. The van der Waals surface area contributed by atoms with E-state index < -0.39 is 10.3 Å². The highest BCUT2D eigenvalue weighted by molar-refractivity contribution is 7.99. The molecular weight excluding hydrogens is 398 g/mol. The Morgan fingerprint density at radius 1 is 1.18 bits per heavy atom. The average molecular weight is 414 g/mol. The lowest BCUT2D eigenvalue weighted by Gasteiger charge is -2.25. The number of fused-ring (bicyclic) bond motifs is 1. The van der Waals surface area contributed by atoms with Crippen molar-refractivity contribution >= 4 is 34.8 Å². The summed E-state index contributed by atoms with van der Waals surface area (Å²) < 4.78 is 1.73. The van der Waals surface area contributed by atoms with Crippen molar-refractivity contribution in [1.82, 2.24) is 14.9 Å². The molecule has 3 aromatic rings. The molecule has 0 atom stereocenters. The highest BCUT2D eigenvalue weighted by Gasteiger charge is 2.32. The molecule has 2 aromatic carbocycles. The molecule has 1 aromatic heterocycles. The van der Waals surface area contributed by atoms with E-state index in [4.69, 9.17) is 16.7 Å². The first-order valence-electron chi connectivity index (χ1n) is 8.54. The number of hydrogen-bond donors (Lipinski definition) is 0. The molecule has 0 spiro atoms. The first-order valence-corrected chi connectivity index (χ1v) is 9.90. The van der Waals surface area contributed by atoms with Crippen LogP contribution in [0.1, 0.15) is 30.8 Å². The second-order valence-corrected chi connectivity index (χ2v) is 8.22. The number of nitro groups is 1. The van der Waals surface area contributed by atoms with Crippen LogP contribution in [0.15, 0.2) is 58.8 Å². The van der Waals surface area contributed by atoms with Crippen LogP contribution in [-0.4, -0.2) is 31.3 Å². The van der Waals surface area contributed by atoms with Crippen molar-refractivity contribution in [3.05, 3.63) is 80.6 Å². The van der Waals surface area contributed by atoms with Crippen molar-refractivity contribution in [3.63, 3.8) is 0 Å². The fourth-order valence-corrected chi connectivity index (χ4v) is 4.10. The summed E-state index contributed by atoms with van der Waals surface area (Å²) in [5, 5.41) is 25.4. The highest BCUT2D eigenvalue weighted by atomic mass is 35.5. The summed E-state index contributed by atoms with van der Waals surface area (Å²) in [6.45, 7) is 4.14. The quantitative estimate of drug-likeness (QED) is 0.463. The fraction of sp³-hybridized carbons (Fsp3) is 0.211. The fourth-order valence-electron chi connectivity index (χ4n) is 3.07. The molecule has 0 amide bonds. The van der Waals surface area contributed by atoms with Crippen molar-refractivity contribution < 1.29 is 4.92 Å². The number of aromatic nitrogens is 3. The minimum atomic E-state index is -0.490. The Hall–Kier alpha value is -2.71. The van der Waals surface area contributed by atoms with Gasteiger partial charge < -0.3 is 0 Å². The van der Waals surface area contributed by atoms with Crippen molar-refractivity contribution in [2.24, 2.45) is 5.10 Å². The predicted molar refractivity (Wildman–Crippen MR) is 109 cm³/mol. The Bertz CT molecular complexity index is 1090. The van der Waals surface area contributed by atoms with Gasteiger partial charge in [-0.25, -0.2) is 0 Å². The monoisotopic (exact) mass is 413 g/mol. The molecule has 0 saturated carbocycles. The first-order chi connectivity index (χ1) is 13.4. The molecule has 0 unspecified atom stereocenters. The summed E-state index contributed by atoms with van der Waals surface area (Å²) in [6.07, 6.45) is 0. The van der Waals surface area contributed by atoms with Crippen molar-refractivity contribution in [2.45, 2.75) is 24.4 Å². The van der Waals surface area contributed by atoms with Gasteiger partial charge in [0.2, 0.25) is 5.16 Å². The molecule has 28 heavy (non-hydrogen) atoms. The van der Waals surface area contributed by atoms with Crippen LogP contribution in [-0.2, 0) is 5.41 Å². The van der Waals surface area contributed by atoms with E-state index in [1.165, 1.54) is 23.9 Å². The number of thioether (sulfide) groups is 1. The van der Waals surface area contributed by atoms with Gasteiger partial charge in [0.15, 0.2) is 5.82 Å². The lowest BCUT2D eigenvalue weighted by Crippen LogP contribution is -2.25. The molecule has 0 bridgehead atoms. The van der Waals surface area contributed by atoms with E-state index in [9.17, 15) is 10.1 Å². The molecule has 1 aliphatic heterocycles. The van der Waals surface area contributed by atoms with E-state index in [0.29, 0.717) is 28.0 Å². The second-order valence-electron chi connectivity index (χ2n) is 6.87. The van der Waals surface area contributed by atoms with E-state index >= 15 is 0 Å². The molecule has 0 N–H and O–H groups in total. The maximum absolute atomic E-state index is 11.2. The van der Waals surface area contributed by atoms with Crippen LogP contribution in [0.25, 0.3) is 0 Å². The summed E-state index contributed by atoms with van der Waals surface area (Å²) in [5.41, 5.74) is 1.92. The summed E-state index contributed by atoms with van der Waals surface area (Å²) >= 11 is 7.43. The Balaban J connectivity index is 1.79. The van der Waals surface area contributed by atoms with Crippen molar-refractivity contribution in [2.75, 3.05) is 5.75 Å². The molecule has 9 heteroatoms. The van der Waals surface area contributed by atoms with Crippen LogP contribution in [0, 0.1) is 10.1 Å². The van der Waals surface area contributed by atoms with Crippen LogP contribution in [0.4, 0.5) is 5.69 Å². The number of halogens is 1. The van der Waals surface area contributed by atoms with Crippen LogP contribution in [0.2, 0.25) is 5.02 Å². The molecule has 4 rings (SSSR count). The van der Waals surface area contributed by atoms with E-state index in [0.717, 1.165) is 5.56 Å². The summed E-state index contributed by atoms with van der Waals surface area (Å²) in [7, 11) is 0. The molecule has 0 aliphatic carbocycles. The Kier molecular flexibility index (Phi) is 4.68. The zero-order valence-electron chi connectivity index (χ0n) is 15.2.